The number of hydrazone groups is 1. The molecule has 2 nitrogen and oxygen atoms in total. The van der Waals surface area contributed by atoms with E-state index < -0.39 is 0 Å². The summed E-state index contributed by atoms with van der Waals surface area (Å²) in [6.07, 6.45) is 4.33. The maximum Gasteiger partial charge on any atom is 0.0639 e. The van der Waals surface area contributed by atoms with Crippen LogP contribution in [-0.4, -0.2) is 5.71 Å². The Bertz CT molecular complexity index is 483. The highest BCUT2D eigenvalue weighted by molar-refractivity contribution is 6.01. The average Bonchev–Trinajstić information content (AvgIpc) is 2.38. The number of hydrogen-bond donors (Lipinski definition) is 1. The molecule has 1 aromatic rings. The lowest BCUT2D eigenvalue weighted by Crippen LogP contribution is -2.16. The molecule has 1 aliphatic carbocycles. The van der Waals surface area contributed by atoms with Crippen molar-refractivity contribution in [1.82, 2.24) is 0 Å². The Kier molecular flexibility index (Phi) is 3.98. The standard InChI is InChI=1S/C16H20N2/c1-12(2)14-10-9-13(3)16(11-14)18-17-15-7-5-4-6-8-15/h4-9,14,17H,1,10-11H2,2-3H3/b18-16+. The lowest BCUT2D eigenvalue weighted by atomic mass is 9.85. The summed E-state index contributed by atoms with van der Waals surface area (Å²) in [7, 11) is 0. The number of rotatable bonds is 3. The zero-order valence-electron chi connectivity index (χ0n) is 11.1. The highest BCUT2D eigenvalue weighted by Gasteiger charge is 2.18. The van der Waals surface area contributed by atoms with Gasteiger partial charge in [0.05, 0.1) is 11.4 Å². The molecule has 2 heteroatoms. The van der Waals surface area contributed by atoms with Gasteiger partial charge < -0.3 is 0 Å². The van der Waals surface area contributed by atoms with Crippen LogP contribution in [0.15, 0.2) is 59.2 Å². The summed E-state index contributed by atoms with van der Waals surface area (Å²) in [4.78, 5) is 0. The van der Waals surface area contributed by atoms with E-state index in [4.69, 9.17) is 0 Å². The summed E-state index contributed by atoms with van der Waals surface area (Å²) < 4.78 is 0. The van der Waals surface area contributed by atoms with Crippen molar-refractivity contribution in [3.63, 3.8) is 0 Å². The molecule has 18 heavy (non-hydrogen) atoms. The Morgan fingerprint density at radius 3 is 2.72 bits per heavy atom. The van der Waals surface area contributed by atoms with Gasteiger partial charge in [0.25, 0.3) is 0 Å². The van der Waals surface area contributed by atoms with Crippen LogP contribution in [0.25, 0.3) is 0 Å². The molecular weight excluding hydrogens is 220 g/mol. The van der Waals surface area contributed by atoms with Crippen LogP contribution in [0.4, 0.5) is 5.69 Å². The third kappa shape index (κ3) is 3.10. The number of nitrogens with one attached hydrogen (secondary N) is 1. The van der Waals surface area contributed by atoms with E-state index in [9.17, 15) is 0 Å². The molecule has 0 radical (unpaired) electrons. The molecule has 1 atom stereocenters. The lowest BCUT2D eigenvalue weighted by molar-refractivity contribution is 0.639. The Balaban J connectivity index is 2.09. The number of anilines is 1. The van der Waals surface area contributed by atoms with Gasteiger partial charge >= 0.3 is 0 Å². The van der Waals surface area contributed by atoms with Gasteiger partial charge in [-0.05, 0) is 50.3 Å². The van der Waals surface area contributed by atoms with Gasteiger partial charge in [-0.15, -0.1) is 0 Å². The summed E-state index contributed by atoms with van der Waals surface area (Å²) in [5, 5.41) is 4.52. The summed E-state index contributed by atoms with van der Waals surface area (Å²) in [5.74, 6) is 0.532. The first-order chi connectivity index (χ1) is 8.66. The molecule has 1 unspecified atom stereocenters. The predicted octanol–water partition coefficient (Wildman–Crippen LogP) is 4.39. The van der Waals surface area contributed by atoms with Crippen LogP contribution in [-0.2, 0) is 0 Å². The fraction of sp³-hybridized carbons (Fsp3) is 0.312. The van der Waals surface area contributed by atoms with Crippen molar-refractivity contribution in [3.05, 3.63) is 54.1 Å². The normalized spacial score (nSPS) is 21.6. The Hall–Kier alpha value is -1.83. The molecule has 0 fully saturated rings. The van der Waals surface area contributed by atoms with Gasteiger partial charge in [0.15, 0.2) is 0 Å². The molecule has 2 rings (SSSR count). The minimum atomic E-state index is 0.532. The van der Waals surface area contributed by atoms with Crippen LogP contribution in [0.5, 0.6) is 0 Å². The van der Waals surface area contributed by atoms with E-state index in [0.717, 1.165) is 24.2 Å². The third-order valence-corrected chi connectivity index (χ3v) is 3.39. The first-order valence-electron chi connectivity index (χ1n) is 6.37. The van der Waals surface area contributed by atoms with Gasteiger partial charge in [-0.25, -0.2) is 0 Å². The van der Waals surface area contributed by atoms with Gasteiger partial charge in [0.2, 0.25) is 0 Å². The van der Waals surface area contributed by atoms with Crippen LogP contribution in [0.3, 0.4) is 0 Å². The maximum atomic E-state index is 4.52. The van der Waals surface area contributed by atoms with Crippen molar-refractivity contribution in [3.8, 4) is 0 Å². The Labute approximate surface area is 109 Å². The maximum absolute atomic E-state index is 4.52. The predicted molar refractivity (Wildman–Crippen MR) is 78.8 cm³/mol. The molecular formula is C16H20N2. The monoisotopic (exact) mass is 240 g/mol. The molecule has 94 valence electrons. The van der Waals surface area contributed by atoms with Crippen molar-refractivity contribution in [1.29, 1.82) is 0 Å². The molecule has 0 aliphatic heterocycles. The second-order valence-corrected chi connectivity index (χ2v) is 4.91. The smallest absolute Gasteiger partial charge is 0.0639 e. The number of hydrogen-bond acceptors (Lipinski definition) is 2. The quantitative estimate of drug-likeness (QED) is 0.615. The van der Waals surface area contributed by atoms with Crippen molar-refractivity contribution in [2.45, 2.75) is 26.7 Å². The van der Waals surface area contributed by atoms with Gasteiger partial charge in [-0.1, -0.05) is 36.4 Å². The highest BCUT2D eigenvalue weighted by Crippen LogP contribution is 2.26. The van der Waals surface area contributed by atoms with E-state index >= 15 is 0 Å². The van der Waals surface area contributed by atoms with Crippen LogP contribution in [0, 0.1) is 5.92 Å². The highest BCUT2D eigenvalue weighted by atomic mass is 15.3. The topological polar surface area (TPSA) is 24.4 Å². The largest absolute Gasteiger partial charge is 0.278 e. The number of nitrogens with zero attached hydrogens (tertiary/aromatic N) is 1. The van der Waals surface area contributed by atoms with Crippen molar-refractivity contribution in [2.75, 3.05) is 5.43 Å². The number of para-hydroxylation sites is 1. The molecule has 0 aromatic heterocycles. The zero-order chi connectivity index (χ0) is 13.0. The van der Waals surface area contributed by atoms with Gasteiger partial charge in [0, 0.05) is 0 Å². The van der Waals surface area contributed by atoms with E-state index in [1.165, 1.54) is 11.1 Å². The van der Waals surface area contributed by atoms with E-state index in [2.05, 4.69) is 37.0 Å². The summed E-state index contributed by atoms with van der Waals surface area (Å²) >= 11 is 0. The van der Waals surface area contributed by atoms with E-state index in [-0.39, 0.29) is 0 Å². The Morgan fingerprint density at radius 2 is 2.06 bits per heavy atom. The van der Waals surface area contributed by atoms with Crippen molar-refractivity contribution >= 4 is 11.4 Å². The first-order valence-corrected chi connectivity index (χ1v) is 6.37. The molecule has 0 heterocycles. The fourth-order valence-corrected chi connectivity index (χ4v) is 2.07. The van der Waals surface area contributed by atoms with Gasteiger partial charge in [0.1, 0.15) is 0 Å². The molecule has 1 aromatic carbocycles. The van der Waals surface area contributed by atoms with E-state index in [1.54, 1.807) is 0 Å². The molecule has 0 saturated carbocycles. The third-order valence-electron chi connectivity index (χ3n) is 3.39. The van der Waals surface area contributed by atoms with Crippen LogP contribution in [0.1, 0.15) is 26.7 Å². The number of allylic oxidation sites excluding steroid dienone is 3. The fourth-order valence-electron chi connectivity index (χ4n) is 2.07. The molecule has 0 saturated heterocycles. The van der Waals surface area contributed by atoms with Gasteiger partial charge in [-0.3, -0.25) is 5.43 Å². The van der Waals surface area contributed by atoms with Crippen molar-refractivity contribution in [2.24, 2.45) is 11.0 Å². The Morgan fingerprint density at radius 1 is 1.33 bits per heavy atom. The van der Waals surface area contributed by atoms with Crippen LogP contribution < -0.4 is 5.43 Å². The zero-order valence-corrected chi connectivity index (χ0v) is 11.1. The molecule has 0 bridgehead atoms. The molecule has 0 spiro atoms. The van der Waals surface area contributed by atoms with Crippen molar-refractivity contribution < 1.29 is 0 Å². The average molecular weight is 240 g/mol. The lowest BCUT2D eigenvalue weighted by Gasteiger charge is -2.22. The summed E-state index contributed by atoms with van der Waals surface area (Å²) in [6.45, 7) is 8.28. The second-order valence-electron chi connectivity index (χ2n) is 4.91. The van der Waals surface area contributed by atoms with Gasteiger partial charge in [-0.2, -0.15) is 5.10 Å². The second kappa shape index (κ2) is 5.67. The molecule has 1 N–H and O–H groups in total. The SMILES string of the molecule is C=C(C)C1CC=C(C)/C(=N/Nc2ccccc2)C1. The first kappa shape index (κ1) is 12.6. The summed E-state index contributed by atoms with van der Waals surface area (Å²) in [5.41, 5.74) is 7.80. The van der Waals surface area contributed by atoms with E-state index in [0.29, 0.717) is 5.92 Å². The molecule has 1 aliphatic rings. The minimum Gasteiger partial charge on any atom is -0.278 e. The van der Waals surface area contributed by atoms with E-state index in [1.807, 2.05) is 30.3 Å². The van der Waals surface area contributed by atoms with Crippen LogP contribution in [0.2, 0.25) is 0 Å². The summed E-state index contributed by atoms with van der Waals surface area (Å²) in [6, 6.07) is 10.0. The van der Waals surface area contributed by atoms with Crippen LogP contribution >= 0.6 is 0 Å². The number of benzene rings is 1. The molecule has 0 amide bonds. The minimum absolute atomic E-state index is 0.532.